The van der Waals surface area contributed by atoms with Crippen LogP contribution in [0.4, 0.5) is 0 Å². The second kappa shape index (κ2) is 17.6. The minimum absolute atomic E-state index is 0.102. The van der Waals surface area contributed by atoms with Gasteiger partial charge in [0.2, 0.25) is 17.7 Å². The Labute approximate surface area is 198 Å². The lowest BCUT2D eigenvalue weighted by Crippen LogP contribution is -2.58. The van der Waals surface area contributed by atoms with E-state index < -0.39 is 66.9 Å². The van der Waals surface area contributed by atoms with Crippen molar-refractivity contribution in [3.8, 4) is 0 Å². The van der Waals surface area contributed by atoms with E-state index in [4.69, 9.17) is 22.3 Å². The number of nitrogens with two attached hydrogens (primary N) is 3. The summed E-state index contributed by atoms with van der Waals surface area (Å²) in [4.78, 5) is 59.6. The molecule has 0 aliphatic heterocycles. The molecule has 14 heteroatoms. The molecular formula is C20H38N6O8. The first-order chi connectivity index (χ1) is 16.1. The third kappa shape index (κ3) is 13.0. The highest BCUT2D eigenvalue weighted by molar-refractivity contribution is 5.94. The molecule has 34 heavy (non-hydrogen) atoms. The molecule has 0 aromatic rings. The number of carboxylic acid groups (broad SMARTS) is 2. The predicted octanol–water partition coefficient (Wildman–Crippen LogP) is -3.03. The smallest absolute Gasteiger partial charge is 0.326 e. The molecule has 0 saturated heterocycles. The molecule has 0 heterocycles. The molecule has 12 N–H and O–H groups in total. The monoisotopic (exact) mass is 490 g/mol. The third-order valence-electron chi connectivity index (χ3n) is 4.96. The van der Waals surface area contributed by atoms with Crippen LogP contribution in [-0.4, -0.2) is 88.8 Å². The highest BCUT2D eigenvalue weighted by Gasteiger charge is 2.30. The molecule has 0 aliphatic rings. The fourth-order valence-electron chi connectivity index (χ4n) is 2.94. The van der Waals surface area contributed by atoms with Crippen molar-refractivity contribution in [3.05, 3.63) is 0 Å². The van der Waals surface area contributed by atoms with E-state index in [0.717, 1.165) is 0 Å². The van der Waals surface area contributed by atoms with Gasteiger partial charge < -0.3 is 48.5 Å². The zero-order valence-electron chi connectivity index (χ0n) is 19.2. The number of amides is 3. The fraction of sp³-hybridized carbons (Fsp3) is 0.750. The number of carbonyl (C=O) groups is 5. The number of rotatable bonds is 19. The summed E-state index contributed by atoms with van der Waals surface area (Å²) < 4.78 is 0. The zero-order chi connectivity index (χ0) is 26.1. The van der Waals surface area contributed by atoms with E-state index in [0.29, 0.717) is 45.2 Å². The number of carboxylic acids is 2. The van der Waals surface area contributed by atoms with Crippen molar-refractivity contribution < 1.29 is 39.3 Å². The molecule has 4 unspecified atom stereocenters. The minimum Gasteiger partial charge on any atom is -0.481 e. The molecule has 0 aromatic carbocycles. The van der Waals surface area contributed by atoms with Gasteiger partial charge in [-0.25, -0.2) is 4.79 Å². The maximum absolute atomic E-state index is 12.7. The van der Waals surface area contributed by atoms with Crippen molar-refractivity contribution in [2.75, 3.05) is 19.7 Å². The Bertz CT molecular complexity index is 677. The van der Waals surface area contributed by atoms with Crippen LogP contribution in [0.25, 0.3) is 0 Å². The van der Waals surface area contributed by atoms with Gasteiger partial charge in [0.25, 0.3) is 0 Å². The highest BCUT2D eigenvalue weighted by Crippen LogP contribution is 2.05. The third-order valence-corrected chi connectivity index (χ3v) is 4.96. The normalized spacial score (nSPS) is 14.4. The van der Waals surface area contributed by atoms with Gasteiger partial charge in [-0.2, -0.15) is 0 Å². The molecule has 3 amide bonds. The maximum atomic E-state index is 12.7. The maximum Gasteiger partial charge on any atom is 0.326 e. The summed E-state index contributed by atoms with van der Waals surface area (Å²) in [6, 6.07) is -4.98. The number of aliphatic carboxylic acids is 2. The van der Waals surface area contributed by atoms with Crippen molar-refractivity contribution in [2.24, 2.45) is 17.2 Å². The van der Waals surface area contributed by atoms with Crippen LogP contribution in [0.15, 0.2) is 0 Å². The first-order valence-electron chi connectivity index (χ1n) is 11.2. The second-order valence-electron chi connectivity index (χ2n) is 7.81. The fourth-order valence-corrected chi connectivity index (χ4v) is 2.94. The molecule has 0 aliphatic carbocycles. The van der Waals surface area contributed by atoms with E-state index in [1.165, 1.54) is 0 Å². The molecule has 0 aromatic heterocycles. The molecule has 196 valence electrons. The average molecular weight is 491 g/mol. The summed E-state index contributed by atoms with van der Waals surface area (Å²) in [6.07, 6.45) is 1.83. The molecule has 0 radical (unpaired) electrons. The van der Waals surface area contributed by atoms with E-state index >= 15 is 0 Å². The van der Waals surface area contributed by atoms with Crippen molar-refractivity contribution in [2.45, 2.75) is 75.5 Å². The summed E-state index contributed by atoms with van der Waals surface area (Å²) in [5, 5.41) is 34.5. The summed E-state index contributed by atoms with van der Waals surface area (Å²) >= 11 is 0. The Kier molecular flexibility index (Phi) is 16.2. The van der Waals surface area contributed by atoms with E-state index in [1.807, 2.05) is 0 Å². The second-order valence-corrected chi connectivity index (χ2v) is 7.81. The predicted molar refractivity (Wildman–Crippen MR) is 121 cm³/mol. The average Bonchev–Trinajstić information content (AvgIpc) is 2.78. The van der Waals surface area contributed by atoms with E-state index in [1.54, 1.807) is 0 Å². The number of aliphatic hydroxyl groups excluding tert-OH is 1. The molecule has 4 atom stereocenters. The van der Waals surface area contributed by atoms with Crippen LogP contribution in [0.5, 0.6) is 0 Å². The molecular weight excluding hydrogens is 452 g/mol. The number of hydrogen-bond donors (Lipinski definition) is 9. The van der Waals surface area contributed by atoms with Crippen LogP contribution in [0.1, 0.15) is 51.4 Å². The Balaban J connectivity index is 5.21. The highest BCUT2D eigenvalue weighted by atomic mass is 16.4. The standard InChI is InChI=1S/C20H38N6O8/c21-9-3-1-5-12(23)17(30)26-15(11-27)19(32)24-13(6-2-4-10-22)18(31)25-14(20(33)34)7-8-16(28)29/h12-15,27H,1-11,21-23H2,(H,24,32)(H,25,31)(H,26,30)(H,28,29)(H,33,34). The van der Waals surface area contributed by atoms with E-state index in [2.05, 4.69) is 16.0 Å². The first-order valence-corrected chi connectivity index (χ1v) is 11.2. The summed E-state index contributed by atoms with van der Waals surface area (Å²) in [5.41, 5.74) is 16.6. The topological polar surface area (TPSA) is 260 Å². The van der Waals surface area contributed by atoms with Gasteiger partial charge in [0, 0.05) is 6.42 Å². The molecule has 0 bridgehead atoms. The van der Waals surface area contributed by atoms with Gasteiger partial charge in [-0.1, -0.05) is 6.42 Å². The van der Waals surface area contributed by atoms with Crippen LogP contribution < -0.4 is 33.2 Å². The van der Waals surface area contributed by atoms with E-state index in [9.17, 15) is 34.2 Å². The summed E-state index contributed by atoms with van der Waals surface area (Å²) in [5.74, 6) is -5.02. The number of unbranched alkanes of at least 4 members (excludes halogenated alkanes) is 2. The van der Waals surface area contributed by atoms with Crippen molar-refractivity contribution in [3.63, 3.8) is 0 Å². The Morgan fingerprint density at radius 3 is 1.68 bits per heavy atom. The first kappa shape index (κ1) is 31.2. The lowest BCUT2D eigenvalue weighted by molar-refractivity contribution is -0.143. The van der Waals surface area contributed by atoms with Gasteiger partial charge in [0.05, 0.1) is 12.6 Å². The number of hydrogen-bond acceptors (Lipinski definition) is 9. The van der Waals surface area contributed by atoms with Crippen molar-refractivity contribution >= 4 is 29.7 Å². The molecule has 0 fully saturated rings. The largest absolute Gasteiger partial charge is 0.481 e. The van der Waals surface area contributed by atoms with Crippen LogP contribution in [0, 0.1) is 0 Å². The quantitative estimate of drug-likeness (QED) is 0.0822. The van der Waals surface area contributed by atoms with Crippen LogP contribution in [-0.2, 0) is 24.0 Å². The van der Waals surface area contributed by atoms with Gasteiger partial charge in [0.1, 0.15) is 18.1 Å². The van der Waals surface area contributed by atoms with Gasteiger partial charge in [-0.15, -0.1) is 0 Å². The lowest BCUT2D eigenvalue weighted by Gasteiger charge is -2.24. The van der Waals surface area contributed by atoms with Gasteiger partial charge in [0.15, 0.2) is 0 Å². The number of nitrogens with one attached hydrogen (secondary N) is 3. The van der Waals surface area contributed by atoms with Gasteiger partial charge in [-0.3, -0.25) is 19.2 Å². The molecule has 0 saturated carbocycles. The van der Waals surface area contributed by atoms with Crippen LogP contribution >= 0.6 is 0 Å². The van der Waals surface area contributed by atoms with Gasteiger partial charge in [-0.05, 0) is 51.6 Å². The van der Waals surface area contributed by atoms with Crippen molar-refractivity contribution in [1.82, 2.24) is 16.0 Å². The zero-order valence-corrected chi connectivity index (χ0v) is 19.2. The Hall–Kier alpha value is -2.81. The Morgan fingerprint density at radius 1 is 0.676 bits per heavy atom. The molecule has 0 rings (SSSR count). The SMILES string of the molecule is NCCCCC(N)C(=O)NC(CO)C(=O)NC(CCCCN)C(=O)NC(CCC(=O)O)C(=O)O. The van der Waals surface area contributed by atoms with Gasteiger partial charge >= 0.3 is 11.9 Å². The number of carbonyl (C=O) groups excluding carboxylic acids is 3. The summed E-state index contributed by atoms with van der Waals surface area (Å²) in [6.45, 7) is 0.0132. The van der Waals surface area contributed by atoms with Crippen LogP contribution in [0.3, 0.4) is 0 Å². The molecule has 14 nitrogen and oxygen atoms in total. The lowest BCUT2D eigenvalue weighted by atomic mass is 10.1. The molecule has 0 spiro atoms. The minimum atomic E-state index is -1.47. The number of aliphatic hydroxyl groups is 1. The van der Waals surface area contributed by atoms with Crippen LogP contribution in [0.2, 0.25) is 0 Å². The summed E-state index contributed by atoms with van der Waals surface area (Å²) in [7, 11) is 0. The van der Waals surface area contributed by atoms with E-state index in [-0.39, 0.29) is 12.8 Å². The Morgan fingerprint density at radius 2 is 1.18 bits per heavy atom. The van der Waals surface area contributed by atoms with Crippen molar-refractivity contribution in [1.29, 1.82) is 0 Å².